The molecule has 5 nitrogen and oxygen atoms in total. The Kier molecular flexibility index (Phi) is 5.58. The van der Waals surface area contributed by atoms with Crippen LogP contribution in [0.3, 0.4) is 0 Å². The van der Waals surface area contributed by atoms with E-state index in [4.69, 9.17) is 9.73 Å². The van der Waals surface area contributed by atoms with Gasteiger partial charge in [0.15, 0.2) is 0 Å². The first-order valence-electron chi connectivity index (χ1n) is 10.1. The van der Waals surface area contributed by atoms with Crippen LogP contribution in [0.2, 0.25) is 0 Å². The lowest BCUT2D eigenvalue weighted by Gasteiger charge is -2.19. The quantitative estimate of drug-likeness (QED) is 0.561. The molecule has 0 N–H and O–H groups in total. The molecule has 4 rings (SSSR count). The molecule has 0 atom stereocenters. The van der Waals surface area contributed by atoms with Crippen molar-refractivity contribution in [2.24, 2.45) is 4.99 Å². The average molecular weight is 412 g/mol. The Morgan fingerprint density at radius 2 is 1.68 bits per heavy atom. The monoisotopic (exact) mass is 411 g/mol. The number of benzene rings is 3. The number of nitrogens with zero attached hydrogens (tertiary/aromatic N) is 3. The van der Waals surface area contributed by atoms with Crippen LogP contribution >= 0.6 is 0 Å². The first-order chi connectivity index (χ1) is 15.0. The van der Waals surface area contributed by atoms with Crippen molar-refractivity contribution in [3.63, 3.8) is 0 Å². The Morgan fingerprint density at radius 1 is 0.968 bits per heavy atom. The number of amidine groups is 1. The van der Waals surface area contributed by atoms with Crippen LogP contribution in [0.5, 0.6) is 5.75 Å². The molecule has 31 heavy (non-hydrogen) atoms. The number of anilines is 2. The van der Waals surface area contributed by atoms with Gasteiger partial charge in [0.2, 0.25) is 0 Å². The molecule has 0 unspecified atom stereocenters. The van der Waals surface area contributed by atoms with Crippen LogP contribution < -0.4 is 14.5 Å². The lowest BCUT2D eigenvalue weighted by atomic mass is 10.1. The molecule has 1 heterocycles. The van der Waals surface area contributed by atoms with Crippen LogP contribution in [-0.4, -0.2) is 32.9 Å². The van der Waals surface area contributed by atoms with Crippen molar-refractivity contribution in [2.45, 2.75) is 6.92 Å². The molecule has 156 valence electrons. The summed E-state index contributed by atoms with van der Waals surface area (Å²) in [7, 11) is 5.63. The van der Waals surface area contributed by atoms with Crippen LogP contribution in [0.1, 0.15) is 16.7 Å². The number of aliphatic imine (C=N–C) groups is 1. The van der Waals surface area contributed by atoms with Gasteiger partial charge in [0.25, 0.3) is 5.91 Å². The van der Waals surface area contributed by atoms with Crippen LogP contribution in [0.15, 0.2) is 83.5 Å². The zero-order valence-electron chi connectivity index (χ0n) is 18.2. The summed E-state index contributed by atoms with van der Waals surface area (Å²) >= 11 is 0. The van der Waals surface area contributed by atoms with E-state index in [2.05, 4.69) is 0 Å². The third-order valence-electron chi connectivity index (χ3n) is 5.18. The van der Waals surface area contributed by atoms with Crippen molar-refractivity contribution in [3.8, 4) is 5.75 Å². The van der Waals surface area contributed by atoms with Crippen molar-refractivity contribution >= 4 is 29.2 Å². The number of aryl methyl sites for hydroxylation is 1. The number of rotatable bonds is 5. The Balaban J connectivity index is 1.77. The molecule has 0 spiro atoms. The average Bonchev–Trinajstić information content (AvgIpc) is 3.10. The fourth-order valence-corrected chi connectivity index (χ4v) is 3.48. The minimum Gasteiger partial charge on any atom is -0.497 e. The van der Waals surface area contributed by atoms with Gasteiger partial charge in [0.1, 0.15) is 17.3 Å². The molecule has 1 aliphatic heterocycles. The SMILES string of the molecule is COc1ccc(C2=N/C(=C/c3ccc(N(C)C)cc3)C(=O)N2c2cccc(C)c2)cc1. The largest absolute Gasteiger partial charge is 0.497 e. The summed E-state index contributed by atoms with van der Waals surface area (Å²) in [4.78, 5) is 21.9. The maximum absolute atomic E-state index is 13.4. The van der Waals surface area contributed by atoms with E-state index in [1.165, 1.54) is 0 Å². The second-order valence-corrected chi connectivity index (χ2v) is 7.66. The maximum atomic E-state index is 13.4. The Morgan fingerprint density at radius 3 is 2.29 bits per heavy atom. The predicted molar refractivity (Wildman–Crippen MR) is 127 cm³/mol. The third-order valence-corrected chi connectivity index (χ3v) is 5.18. The molecule has 0 aromatic heterocycles. The lowest BCUT2D eigenvalue weighted by Crippen LogP contribution is -2.32. The van der Waals surface area contributed by atoms with E-state index in [1.807, 2.05) is 105 Å². The first kappa shape index (κ1) is 20.4. The van der Waals surface area contributed by atoms with Gasteiger partial charge in [0.05, 0.1) is 12.8 Å². The summed E-state index contributed by atoms with van der Waals surface area (Å²) in [6.07, 6.45) is 1.83. The molecule has 0 aliphatic carbocycles. The van der Waals surface area contributed by atoms with Gasteiger partial charge in [-0.3, -0.25) is 9.69 Å². The van der Waals surface area contributed by atoms with Crippen molar-refractivity contribution in [3.05, 3.63) is 95.2 Å². The van der Waals surface area contributed by atoms with E-state index in [0.29, 0.717) is 11.5 Å². The summed E-state index contributed by atoms with van der Waals surface area (Å²) in [6, 6.07) is 23.5. The standard InChI is InChI=1S/C26H25N3O2/c1-18-6-5-7-22(16-18)29-25(20-10-14-23(31-4)15-11-20)27-24(26(29)30)17-19-8-12-21(13-9-19)28(2)3/h5-17H,1-4H3/b24-17+. The molecule has 0 fully saturated rings. The van der Waals surface area contributed by atoms with Gasteiger partial charge < -0.3 is 9.64 Å². The van der Waals surface area contributed by atoms with Gasteiger partial charge >= 0.3 is 0 Å². The lowest BCUT2D eigenvalue weighted by molar-refractivity contribution is -0.113. The van der Waals surface area contributed by atoms with Gasteiger partial charge in [-0.15, -0.1) is 0 Å². The minimum absolute atomic E-state index is 0.145. The molecule has 1 amide bonds. The summed E-state index contributed by atoms with van der Waals surface area (Å²) in [5.74, 6) is 1.22. The van der Waals surface area contributed by atoms with Gasteiger partial charge in [-0.2, -0.15) is 0 Å². The summed E-state index contributed by atoms with van der Waals surface area (Å²) < 4.78 is 5.27. The van der Waals surface area contributed by atoms with Crippen LogP contribution in [0, 0.1) is 6.92 Å². The highest BCUT2D eigenvalue weighted by atomic mass is 16.5. The molecule has 1 aliphatic rings. The van der Waals surface area contributed by atoms with Crippen molar-refractivity contribution in [1.29, 1.82) is 0 Å². The molecule has 0 radical (unpaired) electrons. The molecule has 0 bridgehead atoms. The normalized spacial score (nSPS) is 14.7. The molecule has 0 saturated heterocycles. The predicted octanol–water partition coefficient (Wildman–Crippen LogP) is 4.90. The second-order valence-electron chi connectivity index (χ2n) is 7.66. The van der Waals surface area contributed by atoms with Crippen molar-refractivity contribution in [2.75, 3.05) is 31.0 Å². The van der Waals surface area contributed by atoms with E-state index in [-0.39, 0.29) is 5.91 Å². The van der Waals surface area contributed by atoms with Crippen LogP contribution in [-0.2, 0) is 4.79 Å². The van der Waals surface area contributed by atoms with E-state index < -0.39 is 0 Å². The van der Waals surface area contributed by atoms with Gasteiger partial charge in [-0.05, 0) is 72.7 Å². The van der Waals surface area contributed by atoms with Gasteiger partial charge in [0, 0.05) is 25.3 Å². The smallest absolute Gasteiger partial charge is 0.282 e. The second kappa shape index (κ2) is 8.48. The topological polar surface area (TPSA) is 45.1 Å². The molecule has 5 heteroatoms. The summed E-state index contributed by atoms with van der Waals surface area (Å²) in [5, 5.41) is 0. The number of methoxy groups -OCH3 is 1. The zero-order valence-corrected chi connectivity index (χ0v) is 18.2. The van der Waals surface area contributed by atoms with Crippen LogP contribution in [0.25, 0.3) is 6.08 Å². The maximum Gasteiger partial charge on any atom is 0.282 e. The van der Waals surface area contributed by atoms with Gasteiger partial charge in [-0.1, -0.05) is 24.3 Å². The first-order valence-corrected chi connectivity index (χ1v) is 10.1. The minimum atomic E-state index is -0.145. The molecule has 0 saturated carbocycles. The Labute approximate surface area is 182 Å². The highest BCUT2D eigenvalue weighted by Crippen LogP contribution is 2.29. The number of amides is 1. The number of ether oxygens (including phenoxy) is 1. The molecular formula is C26H25N3O2. The van der Waals surface area contributed by atoms with Gasteiger partial charge in [-0.25, -0.2) is 4.99 Å². The third kappa shape index (κ3) is 4.21. The number of hydrogen-bond acceptors (Lipinski definition) is 4. The van der Waals surface area contributed by atoms with Crippen molar-refractivity contribution < 1.29 is 9.53 Å². The fourth-order valence-electron chi connectivity index (χ4n) is 3.48. The zero-order chi connectivity index (χ0) is 22.0. The highest BCUT2D eigenvalue weighted by Gasteiger charge is 2.32. The molecular weight excluding hydrogens is 386 g/mol. The number of carbonyl (C=O) groups is 1. The van der Waals surface area contributed by atoms with E-state index in [1.54, 1.807) is 12.0 Å². The molecule has 3 aromatic rings. The Hall–Kier alpha value is -3.86. The van der Waals surface area contributed by atoms with E-state index in [9.17, 15) is 4.79 Å². The highest BCUT2D eigenvalue weighted by molar-refractivity contribution is 6.33. The summed E-state index contributed by atoms with van der Waals surface area (Å²) in [5.41, 5.74) is 5.16. The van der Waals surface area contributed by atoms with E-state index >= 15 is 0 Å². The Bertz CT molecular complexity index is 1160. The molecule has 3 aromatic carbocycles. The van der Waals surface area contributed by atoms with E-state index in [0.717, 1.165) is 33.8 Å². The summed E-state index contributed by atoms with van der Waals surface area (Å²) in [6.45, 7) is 2.01. The number of hydrogen-bond donors (Lipinski definition) is 0. The fraction of sp³-hybridized carbons (Fsp3) is 0.154. The van der Waals surface area contributed by atoms with Crippen LogP contribution in [0.4, 0.5) is 11.4 Å². The number of carbonyl (C=O) groups excluding carboxylic acids is 1. The van der Waals surface area contributed by atoms with Crippen molar-refractivity contribution in [1.82, 2.24) is 0 Å².